The Balaban J connectivity index is -0.000000845. The van der Waals surface area contributed by atoms with Crippen molar-refractivity contribution in [1.82, 2.24) is 10.6 Å². The molecule has 0 rings (SSSR count). The fourth-order valence-corrected chi connectivity index (χ4v) is 0.914. The van der Waals surface area contributed by atoms with Crippen LogP contribution < -0.4 is 10.6 Å². The number of rotatable bonds is 7. The van der Waals surface area contributed by atoms with Gasteiger partial charge in [-0.05, 0) is 27.7 Å². The van der Waals surface area contributed by atoms with Crippen molar-refractivity contribution < 1.29 is 10.2 Å². The maximum Gasteiger partial charge on any atom is 0.0607 e. The third-order valence-corrected chi connectivity index (χ3v) is 2.12. The molecule has 0 aromatic heterocycles. The normalized spacial score (nSPS) is 11.6. The van der Waals surface area contributed by atoms with Gasteiger partial charge >= 0.3 is 0 Å². The minimum absolute atomic E-state index is 0. The second-order valence-electron chi connectivity index (χ2n) is 4.94. The number of nitrogens with one attached hydrogen (secondary N) is 2. The van der Waals surface area contributed by atoms with Crippen molar-refractivity contribution in [3.63, 3.8) is 0 Å². The number of hydrogen-bond acceptors (Lipinski definition) is 4. The summed E-state index contributed by atoms with van der Waals surface area (Å²) in [5.41, 5.74) is -0.462. The molecule has 0 aromatic carbocycles. The topological polar surface area (TPSA) is 64.5 Å². The predicted octanol–water partition coefficient (Wildman–Crippen LogP) is 0.551. The van der Waals surface area contributed by atoms with Crippen LogP contribution in [0.25, 0.3) is 0 Å². The van der Waals surface area contributed by atoms with Crippen LogP contribution in [0.5, 0.6) is 0 Å². The lowest BCUT2D eigenvalue weighted by molar-refractivity contribution is 0.176. The molecule has 6 heteroatoms. The quantitative estimate of drug-likeness (QED) is 0.513. The average molecular weight is 277 g/mol. The van der Waals surface area contributed by atoms with E-state index in [0.717, 1.165) is 13.1 Å². The number of aliphatic hydroxyl groups excluding tert-OH is 2. The first-order valence-corrected chi connectivity index (χ1v) is 5.05. The van der Waals surface area contributed by atoms with Crippen molar-refractivity contribution in [2.45, 2.75) is 38.8 Å². The van der Waals surface area contributed by atoms with E-state index in [-0.39, 0.29) is 49.1 Å². The van der Waals surface area contributed by atoms with Crippen molar-refractivity contribution >= 4 is 24.8 Å². The van der Waals surface area contributed by atoms with Crippen molar-refractivity contribution in [1.29, 1.82) is 0 Å². The number of aliphatic hydroxyl groups is 2. The summed E-state index contributed by atoms with van der Waals surface area (Å²) >= 11 is 0. The Bertz CT molecular complexity index is 149. The van der Waals surface area contributed by atoms with Gasteiger partial charge < -0.3 is 20.8 Å². The van der Waals surface area contributed by atoms with E-state index in [0.29, 0.717) is 0 Å². The Morgan fingerprint density at radius 1 is 0.750 bits per heavy atom. The van der Waals surface area contributed by atoms with Crippen molar-refractivity contribution in [2.24, 2.45) is 0 Å². The van der Waals surface area contributed by atoms with Crippen molar-refractivity contribution in [3.8, 4) is 0 Å². The Labute approximate surface area is 111 Å². The molecule has 0 aromatic rings. The van der Waals surface area contributed by atoms with Gasteiger partial charge in [-0.25, -0.2) is 0 Å². The molecule has 4 N–H and O–H groups in total. The van der Waals surface area contributed by atoms with E-state index >= 15 is 0 Å². The fourth-order valence-electron chi connectivity index (χ4n) is 0.914. The van der Waals surface area contributed by atoms with E-state index in [4.69, 9.17) is 10.2 Å². The standard InChI is InChI=1S/C10H24N2O2.2ClH/c1-9(2,7-13)11-5-6-12-10(3,4)8-14;;/h11-14H,5-8H2,1-4H3;2*1H. The van der Waals surface area contributed by atoms with Crippen LogP contribution in [0.15, 0.2) is 0 Å². The summed E-state index contributed by atoms with van der Waals surface area (Å²) in [4.78, 5) is 0. The highest BCUT2D eigenvalue weighted by atomic mass is 35.5. The Morgan fingerprint density at radius 2 is 1.00 bits per heavy atom. The lowest BCUT2D eigenvalue weighted by atomic mass is 10.1. The smallest absolute Gasteiger partial charge is 0.0607 e. The summed E-state index contributed by atoms with van der Waals surface area (Å²) in [6.45, 7) is 9.59. The second-order valence-corrected chi connectivity index (χ2v) is 4.94. The maximum atomic E-state index is 8.98. The van der Waals surface area contributed by atoms with Gasteiger partial charge in [-0.3, -0.25) is 0 Å². The fraction of sp³-hybridized carbons (Fsp3) is 1.00. The SMILES string of the molecule is CC(C)(CO)NCCNC(C)(C)CO.Cl.Cl. The maximum absolute atomic E-state index is 8.98. The first kappa shape index (κ1) is 21.7. The highest BCUT2D eigenvalue weighted by Crippen LogP contribution is 2.00. The van der Waals surface area contributed by atoms with Gasteiger partial charge in [-0.1, -0.05) is 0 Å². The van der Waals surface area contributed by atoms with Gasteiger partial charge in [-0.15, -0.1) is 24.8 Å². The summed E-state index contributed by atoms with van der Waals surface area (Å²) in [6, 6.07) is 0. The van der Waals surface area contributed by atoms with Crippen LogP contribution in [0, 0.1) is 0 Å². The highest BCUT2D eigenvalue weighted by molar-refractivity contribution is 5.85. The second kappa shape index (κ2) is 9.45. The van der Waals surface area contributed by atoms with Gasteiger partial charge in [0.1, 0.15) is 0 Å². The third-order valence-electron chi connectivity index (χ3n) is 2.12. The third kappa shape index (κ3) is 10.9. The zero-order chi connectivity index (χ0) is 11.2. The molecule has 16 heavy (non-hydrogen) atoms. The molecule has 0 aliphatic heterocycles. The summed E-state index contributed by atoms with van der Waals surface area (Å²) < 4.78 is 0. The molecule has 0 saturated carbocycles. The summed E-state index contributed by atoms with van der Waals surface area (Å²) in [5, 5.41) is 24.4. The van der Waals surface area contributed by atoms with Crippen LogP contribution in [0.2, 0.25) is 0 Å². The van der Waals surface area contributed by atoms with Gasteiger partial charge in [0, 0.05) is 24.2 Å². The summed E-state index contributed by atoms with van der Waals surface area (Å²) in [7, 11) is 0. The molecule has 0 aliphatic rings. The molecule has 0 bridgehead atoms. The van der Waals surface area contributed by atoms with Crippen LogP contribution in [0.4, 0.5) is 0 Å². The summed E-state index contributed by atoms with van der Waals surface area (Å²) in [5.74, 6) is 0. The Morgan fingerprint density at radius 3 is 1.19 bits per heavy atom. The minimum Gasteiger partial charge on any atom is -0.394 e. The van der Waals surface area contributed by atoms with E-state index < -0.39 is 0 Å². The Hall–Kier alpha value is 0.420. The van der Waals surface area contributed by atoms with Crippen LogP contribution >= 0.6 is 24.8 Å². The van der Waals surface area contributed by atoms with Gasteiger partial charge in [0.2, 0.25) is 0 Å². The number of hydrogen-bond donors (Lipinski definition) is 4. The molecule has 0 saturated heterocycles. The largest absolute Gasteiger partial charge is 0.394 e. The van der Waals surface area contributed by atoms with Gasteiger partial charge in [0.25, 0.3) is 0 Å². The van der Waals surface area contributed by atoms with Gasteiger partial charge in [0.05, 0.1) is 13.2 Å². The zero-order valence-corrected chi connectivity index (χ0v) is 12.2. The van der Waals surface area contributed by atoms with Crippen LogP contribution in [-0.4, -0.2) is 47.6 Å². The monoisotopic (exact) mass is 276 g/mol. The van der Waals surface area contributed by atoms with E-state index in [2.05, 4.69) is 10.6 Å². The van der Waals surface area contributed by atoms with Crippen LogP contribution in [-0.2, 0) is 0 Å². The molecule has 4 nitrogen and oxygen atoms in total. The van der Waals surface area contributed by atoms with E-state index in [9.17, 15) is 0 Å². The molecule has 102 valence electrons. The van der Waals surface area contributed by atoms with Crippen LogP contribution in [0.1, 0.15) is 27.7 Å². The van der Waals surface area contributed by atoms with E-state index in [1.165, 1.54) is 0 Å². The first-order chi connectivity index (χ1) is 6.33. The molecule has 0 radical (unpaired) electrons. The molecule has 0 heterocycles. The highest BCUT2D eigenvalue weighted by Gasteiger charge is 2.17. The van der Waals surface area contributed by atoms with E-state index in [1.807, 2.05) is 27.7 Å². The average Bonchev–Trinajstić information content (AvgIpc) is 2.13. The van der Waals surface area contributed by atoms with Crippen molar-refractivity contribution in [3.05, 3.63) is 0 Å². The molecule has 0 spiro atoms. The predicted molar refractivity (Wildman–Crippen MR) is 72.8 cm³/mol. The molecule has 0 unspecified atom stereocenters. The van der Waals surface area contributed by atoms with Crippen LogP contribution in [0.3, 0.4) is 0 Å². The number of halogens is 2. The molecule has 0 atom stereocenters. The molecular formula is C10H26Cl2N2O2. The molecule has 0 amide bonds. The lowest BCUT2D eigenvalue weighted by Gasteiger charge is -2.27. The molecule has 0 fully saturated rings. The lowest BCUT2D eigenvalue weighted by Crippen LogP contribution is -2.49. The summed E-state index contributed by atoms with van der Waals surface area (Å²) in [6.07, 6.45) is 0. The first-order valence-electron chi connectivity index (χ1n) is 5.05. The van der Waals surface area contributed by atoms with Crippen molar-refractivity contribution in [2.75, 3.05) is 26.3 Å². The minimum atomic E-state index is -0.231. The van der Waals surface area contributed by atoms with E-state index in [1.54, 1.807) is 0 Å². The molecular weight excluding hydrogens is 251 g/mol. The Kier molecular flexibility index (Phi) is 12.8. The van der Waals surface area contributed by atoms with Gasteiger partial charge in [-0.2, -0.15) is 0 Å². The van der Waals surface area contributed by atoms with Gasteiger partial charge in [0.15, 0.2) is 0 Å². The molecule has 0 aliphatic carbocycles. The zero-order valence-electron chi connectivity index (χ0n) is 10.5.